The third-order valence-corrected chi connectivity index (χ3v) is 3.62. The van der Waals surface area contributed by atoms with Crippen LogP contribution in [0.4, 0.5) is 0 Å². The van der Waals surface area contributed by atoms with E-state index < -0.39 is 0 Å². The molecule has 0 aliphatic rings. The maximum atomic E-state index is 3.54. The summed E-state index contributed by atoms with van der Waals surface area (Å²) in [6.07, 6.45) is 7.68. The Morgan fingerprint density at radius 3 is 1.00 bits per heavy atom. The molecule has 0 aliphatic heterocycles. The van der Waals surface area contributed by atoms with Crippen molar-refractivity contribution in [1.82, 2.24) is 21.3 Å². The van der Waals surface area contributed by atoms with Crippen LogP contribution in [-0.4, -0.2) is 51.4 Å². The highest BCUT2D eigenvalue weighted by atomic mass is 14.9. The average Bonchev–Trinajstić information content (AvgIpc) is 2.46. The predicted molar refractivity (Wildman–Crippen MR) is 99.7 cm³/mol. The topological polar surface area (TPSA) is 48.1 Å². The van der Waals surface area contributed by atoms with E-state index in [0.717, 1.165) is 39.3 Å². The highest BCUT2D eigenvalue weighted by Crippen LogP contribution is 1.90. The summed E-state index contributed by atoms with van der Waals surface area (Å²) in [4.78, 5) is 0. The molecule has 0 aromatic rings. The van der Waals surface area contributed by atoms with E-state index in [-0.39, 0.29) is 0 Å². The molecule has 4 N–H and O–H groups in total. The van der Waals surface area contributed by atoms with Crippen LogP contribution < -0.4 is 21.3 Å². The molecule has 0 atom stereocenters. The van der Waals surface area contributed by atoms with Gasteiger partial charge in [-0.25, -0.2) is 0 Å². The van der Waals surface area contributed by atoms with Crippen LogP contribution in [0.5, 0.6) is 0 Å². The Morgan fingerprint density at radius 2 is 0.727 bits per heavy atom. The van der Waals surface area contributed by atoms with Gasteiger partial charge in [-0.05, 0) is 77.8 Å². The lowest BCUT2D eigenvalue weighted by Crippen LogP contribution is -2.25. The zero-order valence-electron chi connectivity index (χ0n) is 15.6. The van der Waals surface area contributed by atoms with Crippen molar-refractivity contribution >= 4 is 0 Å². The molecule has 0 saturated carbocycles. The molecular formula is C18H42N4. The van der Waals surface area contributed by atoms with Crippen LogP contribution in [0.15, 0.2) is 0 Å². The van der Waals surface area contributed by atoms with Crippen LogP contribution in [-0.2, 0) is 0 Å². The monoisotopic (exact) mass is 314 g/mol. The molecule has 4 nitrogen and oxygen atoms in total. The Morgan fingerprint density at radius 1 is 0.455 bits per heavy atom. The molecule has 0 amide bonds. The molecule has 0 bridgehead atoms. The third-order valence-electron chi connectivity index (χ3n) is 3.62. The maximum absolute atomic E-state index is 3.54. The predicted octanol–water partition coefficient (Wildman–Crippen LogP) is 2.50. The van der Waals surface area contributed by atoms with Gasteiger partial charge in [-0.15, -0.1) is 0 Å². The first kappa shape index (κ1) is 21.8. The van der Waals surface area contributed by atoms with Gasteiger partial charge < -0.3 is 21.3 Å². The fraction of sp³-hybridized carbons (Fsp3) is 1.00. The van der Waals surface area contributed by atoms with E-state index in [1.165, 1.54) is 38.5 Å². The second kappa shape index (κ2) is 17.2. The van der Waals surface area contributed by atoms with Crippen molar-refractivity contribution in [2.75, 3.05) is 39.3 Å². The van der Waals surface area contributed by atoms with Crippen LogP contribution in [0.1, 0.15) is 66.2 Å². The van der Waals surface area contributed by atoms with Gasteiger partial charge in [0.25, 0.3) is 0 Å². The Kier molecular flexibility index (Phi) is 17.1. The lowest BCUT2D eigenvalue weighted by molar-refractivity contribution is 0.522. The molecule has 0 saturated heterocycles. The summed E-state index contributed by atoms with van der Waals surface area (Å²) in [5.74, 6) is 0. The highest BCUT2D eigenvalue weighted by Gasteiger charge is 1.94. The molecule has 22 heavy (non-hydrogen) atoms. The second-order valence-corrected chi connectivity index (χ2v) is 6.84. The minimum atomic E-state index is 0.618. The smallest absolute Gasteiger partial charge is 0.00103 e. The lowest BCUT2D eigenvalue weighted by Gasteiger charge is -2.09. The SMILES string of the molecule is CC(C)NCCCCNCCCCNCCCCNC(C)C. The first-order valence-electron chi connectivity index (χ1n) is 9.51. The molecule has 0 heterocycles. The molecule has 0 spiro atoms. The standard InChI is InChI=1S/C18H42N4/c1-17(2)21-15-9-7-13-19-11-5-6-12-20-14-8-10-16-22-18(3)4/h17-22H,5-16H2,1-4H3. The quantitative estimate of drug-likeness (QED) is 0.312. The summed E-state index contributed by atoms with van der Waals surface area (Å²) in [6, 6.07) is 1.24. The molecule has 134 valence electrons. The van der Waals surface area contributed by atoms with Gasteiger partial charge in [-0.3, -0.25) is 0 Å². The number of nitrogens with one attached hydrogen (secondary N) is 4. The molecule has 0 rings (SSSR count). The zero-order valence-corrected chi connectivity index (χ0v) is 15.6. The number of rotatable bonds is 17. The Balaban J connectivity index is 2.97. The molecule has 0 aromatic heterocycles. The number of unbranched alkanes of at least 4 members (excludes halogenated alkanes) is 3. The Bertz CT molecular complexity index is 185. The van der Waals surface area contributed by atoms with Crippen LogP contribution in [0, 0.1) is 0 Å². The Hall–Kier alpha value is -0.160. The fourth-order valence-corrected chi connectivity index (χ4v) is 2.28. The van der Waals surface area contributed by atoms with Crippen molar-refractivity contribution in [3.63, 3.8) is 0 Å². The van der Waals surface area contributed by atoms with Crippen LogP contribution in [0.2, 0.25) is 0 Å². The molecule has 4 heteroatoms. The summed E-state index contributed by atoms with van der Waals surface area (Å²) >= 11 is 0. The molecule has 0 aromatic carbocycles. The second-order valence-electron chi connectivity index (χ2n) is 6.84. The van der Waals surface area contributed by atoms with Gasteiger partial charge in [0.15, 0.2) is 0 Å². The minimum Gasteiger partial charge on any atom is -0.317 e. The van der Waals surface area contributed by atoms with E-state index >= 15 is 0 Å². The lowest BCUT2D eigenvalue weighted by atomic mass is 10.2. The van der Waals surface area contributed by atoms with Gasteiger partial charge in [0, 0.05) is 12.1 Å². The van der Waals surface area contributed by atoms with Gasteiger partial charge in [0.1, 0.15) is 0 Å². The zero-order chi connectivity index (χ0) is 16.5. The van der Waals surface area contributed by atoms with E-state index in [0.29, 0.717) is 12.1 Å². The van der Waals surface area contributed by atoms with E-state index in [2.05, 4.69) is 49.0 Å². The van der Waals surface area contributed by atoms with E-state index in [9.17, 15) is 0 Å². The van der Waals surface area contributed by atoms with Crippen molar-refractivity contribution in [1.29, 1.82) is 0 Å². The van der Waals surface area contributed by atoms with Crippen molar-refractivity contribution in [2.24, 2.45) is 0 Å². The molecule has 0 radical (unpaired) electrons. The van der Waals surface area contributed by atoms with E-state index in [1.807, 2.05) is 0 Å². The van der Waals surface area contributed by atoms with Crippen molar-refractivity contribution in [2.45, 2.75) is 78.3 Å². The minimum absolute atomic E-state index is 0.618. The molecule has 0 fully saturated rings. The van der Waals surface area contributed by atoms with E-state index in [1.54, 1.807) is 0 Å². The summed E-state index contributed by atoms with van der Waals surface area (Å²) in [5, 5.41) is 14.0. The van der Waals surface area contributed by atoms with Gasteiger partial charge in [0.05, 0.1) is 0 Å². The van der Waals surface area contributed by atoms with Gasteiger partial charge in [-0.1, -0.05) is 27.7 Å². The fourth-order valence-electron chi connectivity index (χ4n) is 2.28. The summed E-state index contributed by atoms with van der Waals surface area (Å²) in [6.45, 7) is 15.8. The molecular weight excluding hydrogens is 272 g/mol. The normalized spacial score (nSPS) is 11.7. The first-order valence-corrected chi connectivity index (χ1v) is 9.51. The number of hydrogen-bond donors (Lipinski definition) is 4. The van der Waals surface area contributed by atoms with Crippen LogP contribution >= 0.6 is 0 Å². The molecule has 0 unspecified atom stereocenters. The summed E-state index contributed by atoms with van der Waals surface area (Å²) < 4.78 is 0. The van der Waals surface area contributed by atoms with Crippen LogP contribution in [0.25, 0.3) is 0 Å². The summed E-state index contributed by atoms with van der Waals surface area (Å²) in [7, 11) is 0. The first-order chi connectivity index (χ1) is 10.6. The van der Waals surface area contributed by atoms with Crippen molar-refractivity contribution in [3.8, 4) is 0 Å². The van der Waals surface area contributed by atoms with Crippen LogP contribution in [0.3, 0.4) is 0 Å². The summed E-state index contributed by atoms with van der Waals surface area (Å²) in [5.41, 5.74) is 0. The van der Waals surface area contributed by atoms with Gasteiger partial charge in [0.2, 0.25) is 0 Å². The third kappa shape index (κ3) is 19.8. The maximum Gasteiger partial charge on any atom is 0.00103 e. The molecule has 0 aliphatic carbocycles. The van der Waals surface area contributed by atoms with Crippen molar-refractivity contribution < 1.29 is 0 Å². The van der Waals surface area contributed by atoms with Gasteiger partial charge in [-0.2, -0.15) is 0 Å². The van der Waals surface area contributed by atoms with Gasteiger partial charge >= 0.3 is 0 Å². The average molecular weight is 315 g/mol. The van der Waals surface area contributed by atoms with Crippen molar-refractivity contribution in [3.05, 3.63) is 0 Å². The van der Waals surface area contributed by atoms with E-state index in [4.69, 9.17) is 0 Å². The number of hydrogen-bond acceptors (Lipinski definition) is 4. The highest BCUT2D eigenvalue weighted by molar-refractivity contribution is 4.57. The largest absolute Gasteiger partial charge is 0.317 e. The Labute approximate surface area is 139 Å².